The van der Waals surface area contributed by atoms with Crippen LogP contribution >= 0.6 is 0 Å². The summed E-state index contributed by atoms with van der Waals surface area (Å²) in [5, 5.41) is 2.84. The van der Waals surface area contributed by atoms with Crippen LogP contribution in [0.3, 0.4) is 0 Å². The number of piperazine rings is 1. The highest BCUT2D eigenvalue weighted by Crippen LogP contribution is 2.34. The lowest BCUT2D eigenvalue weighted by Gasteiger charge is -2.32. The number of carbonyl (C=O) groups is 2. The SMILES string of the molecule is O=C1CN(CCCc2ccccc2)C(=O)C(C2CC2)N1. The molecule has 0 radical (unpaired) electrons. The van der Waals surface area contributed by atoms with Crippen LogP contribution in [-0.4, -0.2) is 35.8 Å². The molecule has 1 aromatic rings. The number of nitrogens with one attached hydrogen (secondary N) is 1. The maximum absolute atomic E-state index is 12.3. The molecular weight excluding hydrogens is 252 g/mol. The minimum atomic E-state index is -0.257. The lowest BCUT2D eigenvalue weighted by Crippen LogP contribution is -2.59. The van der Waals surface area contributed by atoms with Gasteiger partial charge in [-0.15, -0.1) is 0 Å². The first kappa shape index (κ1) is 13.2. The Bertz CT molecular complexity index is 496. The Morgan fingerprint density at radius 2 is 1.90 bits per heavy atom. The zero-order valence-corrected chi connectivity index (χ0v) is 11.5. The van der Waals surface area contributed by atoms with Gasteiger partial charge in [-0.2, -0.15) is 0 Å². The van der Waals surface area contributed by atoms with Crippen molar-refractivity contribution in [1.29, 1.82) is 0 Å². The molecule has 1 saturated heterocycles. The average Bonchev–Trinajstić information content (AvgIpc) is 3.28. The molecule has 1 aromatic carbocycles. The Hall–Kier alpha value is -1.84. The summed E-state index contributed by atoms with van der Waals surface area (Å²) in [6, 6.07) is 9.99. The lowest BCUT2D eigenvalue weighted by molar-refractivity contribution is -0.144. The molecule has 3 rings (SSSR count). The van der Waals surface area contributed by atoms with E-state index in [9.17, 15) is 9.59 Å². The number of benzene rings is 1. The number of nitrogens with zero attached hydrogens (tertiary/aromatic N) is 1. The van der Waals surface area contributed by atoms with Gasteiger partial charge in [-0.3, -0.25) is 9.59 Å². The van der Waals surface area contributed by atoms with Gasteiger partial charge in [-0.25, -0.2) is 0 Å². The Morgan fingerprint density at radius 3 is 2.60 bits per heavy atom. The first-order chi connectivity index (χ1) is 9.74. The predicted octanol–water partition coefficient (Wildman–Crippen LogP) is 1.36. The molecule has 2 aliphatic rings. The molecule has 4 heteroatoms. The van der Waals surface area contributed by atoms with Gasteiger partial charge in [0.2, 0.25) is 11.8 Å². The van der Waals surface area contributed by atoms with Crippen molar-refractivity contribution in [2.45, 2.75) is 31.7 Å². The molecule has 1 aliphatic carbocycles. The van der Waals surface area contributed by atoms with Crippen LogP contribution in [0.2, 0.25) is 0 Å². The van der Waals surface area contributed by atoms with Gasteiger partial charge in [0, 0.05) is 6.54 Å². The Balaban J connectivity index is 1.53. The molecule has 1 heterocycles. The van der Waals surface area contributed by atoms with Crippen LogP contribution in [-0.2, 0) is 16.0 Å². The van der Waals surface area contributed by atoms with E-state index in [0.29, 0.717) is 12.5 Å². The molecule has 1 N–H and O–H groups in total. The monoisotopic (exact) mass is 272 g/mol. The number of carbonyl (C=O) groups excluding carboxylic acids is 2. The zero-order valence-electron chi connectivity index (χ0n) is 11.5. The fourth-order valence-corrected chi connectivity index (χ4v) is 2.79. The van der Waals surface area contributed by atoms with Crippen molar-refractivity contribution in [3.8, 4) is 0 Å². The van der Waals surface area contributed by atoms with Crippen LogP contribution in [0.25, 0.3) is 0 Å². The first-order valence-electron chi connectivity index (χ1n) is 7.36. The number of hydrogen-bond donors (Lipinski definition) is 1. The van der Waals surface area contributed by atoms with E-state index in [1.54, 1.807) is 4.90 Å². The highest BCUT2D eigenvalue weighted by Gasteiger charge is 2.42. The third kappa shape index (κ3) is 3.00. The van der Waals surface area contributed by atoms with Crippen LogP contribution in [0, 0.1) is 5.92 Å². The summed E-state index contributed by atoms with van der Waals surface area (Å²) in [5.41, 5.74) is 1.28. The van der Waals surface area contributed by atoms with Gasteiger partial charge in [0.15, 0.2) is 0 Å². The molecule has 106 valence electrons. The van der Waals surface area contributed by atoms with Gasteiger partial charge in [-0.1, -0.05) is 30.3 Å². The molecule has 1 atom stereocenters. The largest absolute Gasteiger partial charge is 0.342 e. The molecule has 20 heavy (non-hydrogen) atoms. The molecule has 0 bridgehead atoms. The summed E-state index contributed by atoms with van der Waals surface area (Å²) in [7, 11) is 0. The minimum Gasteiger partial charge on any atom is -0.342 e. The lowest BCUT2D eigenvalue weighted by atomic mass is 10.1. The molecule has 2 fully saturated rings. The van der Waals surface area contributed by atoms with Crippen LogP contribution < -0.4 is 5.32 Å². The molecule has 2 amide bonds. The summed E-state index contributed by atoms with van der Waals surface area (Å²) < 4.78 is 0. The normalized spacial score (nSPS) is 22.8. The molecule has 0 spiro atoms. The second kappa shape index (κ2) is 5.65. The van der Waals surface area contributed by atoms with Gasteiger partial charge in [0.25, 0.3) is 0 Å². The van der Waals surface area contributed by atoms with Crippen molar-refractivity contribution in [2.24, 2.45) is 5.92 Å². The number of hydrogen-bond acceptors (Lipinski definition) is 2. The number of aryl methyl sites for hydroxylation is 1. The van der Waals surface area contributed by atoms with Crippen molar-refractivity contribution in [1.82, 2.24) is 10.2 Å². The quantitative estimate of drug-likeness (QED) is 0.880. The van der Waals surface area contributed by atoms with Gasteiger partial charge in [-0.05, 0) is 37.2 Å². The van der Waals surface area contributed by atoms with E-state index in [0.717, 1.165) is 25.7 Å². The maximum Gasteiger partial charge on any atom is 0.245 e. The predicted molar refractivity (Wildman–Crippen MR) is 76.0 cm³/mol. The van der Waals surface area contributed by atoms with Gasteiger partial charge < -0.3 is 10.2 Å². The van der Waals surface area contributed by atoms with Gasteiger partial charge in [0.1, 0.15) is 6.04 Å². The fraction of sp³-hybridized carbons (Fsp3) is 0.500. The van der Waals surface area contributed by atoms with E-state index in [-0.39, 0.29) is 24.4 Å². The van der Waals surface area contributed by atoms with Gasteiger partial charge >= 0.3 is 0 Å². The van der Waals surface area contributed by atoms with E-state index in [4.69, 9.17) is 0 Å². The van der Waals surface area contributed by atoms with E-state index in [2.05, 4.69) is 17.4 Å². The second-order valence-electron chi connectivity index (χ2n) is 5.73. The van der Waals surface area contributed by atoms with E-state index in [1.165, 1.54) is 5.56 Å². The molecule has 0 aromatic heterocycles. The molecule has 1 unspecified atom stereocenters. The Morgan fingerprint density at radius 1 is 1.15 bits per heavy atom. The van der Waals surface area contributed by atoms with Gasteiger partial charge in [0.05, 0.1) is 6.54 Å². The van der Waals surface area contributed by atoms with Crippen LogP contribution in [0.4, 0.5) is 0 Å². The number of amides is 2. The number of rotatable bonds is 5. The summed E-state index contributed by atoms with van der Waals surface area (Å²) >= 11 is 0. The minimum absolute atomic E-state index is 0.0128. The topological polar surface area (TPSA) is 49.4 Å². The highest BCUT2D eigenvalue weighted by atomic mass is 16.2. The van der Waals surface area contributed by atoms with Crippen LogP contribution in [0.15, 0.2) is 30.3 Å². The van der Waals surface area contributed by atoms with Crippen molar-refractivity contribution in [3.05, 3.63) is 35.9 Å². The highest BCUT2D eigenvalue weighted by molar-refractivity contribution is 5.95. The first-order valence-corrected chi connectivity index (χ1v) is 7.36. The Kier molecular flexibility index (Phi) is 3.72. The smallest absolute Gasteiger partial charge is 0.245 e. The van der Waals surface area contributed by atoms with E-state index >= 15 is 0 Å². The van der Waals surface area contributed by atoms with Crippen molar-refractivity contribution in [3.63, 3.8) is 0 Å². The third-order valence-corrected chi connectivity index (χ3v) is 4.06. The fourth-order valence-electron chi connectivity index (χ4n) is 2.79. The molecule has 4 nitrogen and oxygen atoms in total. The van der Waals surface area contributed by atoms with Crippen LogP contribution in [0.1, 0.15) is 24.8 Å². The summed E-state index contributed by atoms with van der Waals surface area (Å²) in [6.45, 7) is 0.890. The van der Waals surface area contributed by atoms with Crippen molar-refractivity contribution >= 4 is 11.8 Å². The standard InChI is InChI=1S/C16H20N2O2/c19-14-11-18(16(20)15(17-14)13-8-9-13)10-4-7-12-5-2-1-3-6-12/h1-3,5-6,13,15H,4,7-11H2,(H,17,19). The molecule has 1 saturated carbocycles. The van der Waals surface area contributed by atoms with E-state index < -0.39 is 0 Å². The third-order valence-electron chi connectivity index (χ3n) is 4.06. The van der Waals surface area contributed by atoms with Crippen LogP contribution in [0.5, 0.6) is 0 Å². The summed E-state index contributed by atoms with van der Waals surface area (Å²) in [4.78, 5) is 25.7. The summed E-state index contributed by atoms with van der Waals surface area (Å²) in [5.74, 6) is 0.477. The zero-order chi connectivity index (χ0) is 13.9. The molecule has 1 aliphatic heterocycles. The maximum atomic E-state index is 12.3. The Labute approximate surface area is 119 Å². The molecular formula is C16H20N2O2. The second-order valence-corrected chi connectivity index (χ2v) is 5.73. The average molecular weight is 272 g/mol. The van der Waals surface area contributed by atoms with E-state index in [1.807, 2.05) is 18.2 Å². The summed E-state index contributed by atoms with van der Waals surface area (Å²) in [6.07, 6.45) is 3.98. The van der Waals surface area contributed by atoms with Crippen molar-refractivity contribution < 1.29 is 9.59 Å². The van der Waals surface area contributed by atoms with Crippen molar-refractivity contribution in [2.75, 3.05) is 13.1 Å².